The number of nitrogens with one attached hydrogen (secondary N) is 2. The van der Waals surface area contributed by atoms with Gasteiger partial charge in [-0.05, 0) is 68.0 Å². The van der Waals surface area contributed by atoms with Gasteiger partial charge in [0.1, 0.15) is 18.1 Å². The Morgan fingerprint density at radius 2 is 2.06 bits per heavy atom. The van der Waals surface area contributed by atoms with Gasteiger partial charge in [-0.1, -0.05) is 19.1 Å². The molecule has 180 valence electrons. The molecule has 0 fully saturated rings. The predicted molar refractivity (Wildman–Crippen MR) is 133 cm³/mol. The van der Waals surface area contributed by atoms with Crippen molar-refractivity contribution in [2.75, 3.05) is 46.2 Å². The molecule has 1 atom stereocenters. The number of aromatic amines is 1. The van der Waals surface area contributed by atoms with Crippen molar-refractivity contribution in [1.82, 2.24) is 20.0 Å². The van der Waals surface area contributed by atoms with Gasteiger partial charge in [0.2, 0.25) is 5.91 Å². The molecule has 0 radical (unpaired) electrons. The number of ether oxygens (including phenoxy) is 2. The molecule has 1 aliphatic heterocycles. The van der Waals surface area contributed by atoms with Gasteiger partial charge >= 0.3 is 0 Å². The van der Waals surface area contributed by atoms with E-state index < -0.39 is 0 Å². The maximum Gasteiger partial charge on any atom is 0.242 e. The van der Waals surface area contributed by atoms with Gasteiger partial charge in [-0.15, -0.1) is 0 Å². The number of carbonyl (C=O) groups is 1. The highest BCUT2D eigenvalue weighted by atomic mass is 16.5. The zero-order valence-corrected chi connectivity index (χ0v) is 20.3. The van der Waals surface area contributed by atoms with Crippen LogP contribution in [0.2, 0.25) is 0 Å². The van der Waals surface area contributed by atoms with Crippen molar-refractivity contribution < 1.29 is 14.3 Å². The summed E-state index contributed by atoms with van der Waals surface area (Å²) in [7, 11) is 5.67. The third-order valence-electron chi connectivity index (χ3n) is 6.22. The Bertz CT molecular complexity index is 1110. The van der Waals surface area contributed by atoms with Crippen molar-refractivity contribution in [3.8, 4) is 22.6 Å². The summed E-state index contributed by atoms with van der Waals surface area (Å²) in [6.07, 6.45) is 4.24. The fraction of sp³-hybridized carbons (Fsp3) is 0.385. The number of fused-ring (bicyclic) bond motifs is 1. The number of aromatic nitrogens is 2. The van der Waals surface area contributed by atoms with Crippen LogP contribution in [0.1, 0.15) is 18.1 Å². The lowest BCUT2D eigenvalue weighted by Crippen LogP contribution is -2.47. The number of amides is 1. The molecule has 1 aromatic heterocycles. The summed E-state index contributed by atoms with van der Waals surface area (Å²) in [5, 5.41) is 10.0. The number of anilines is 1. The van der Waals surface area contributed by atoms with E-state index in [0.29, 0.717) is 24.5 Å². The second-order valence-corrected chi connectivity index (χ2v) is 8.76. The van der Waals surface area contributed by atoms with Gasteiger partial charge in [0.05, 0.1) is 25.0 Å². The minimum absolute atomic E-state index is 0.0381. The van der Waals surface area contributed by atoms with E-state index in [2.05, 4.69) is 38.3 Å². The fourth-order valence-corrected chi connectivity index (χ4v) is 4.22. The highest BCUT2D eigenvalue weighted by Gasteiger charge is 2.31. The van der Waals surface area contributed by atoms with E-state index in [9.17, 15) is 4.79 Å². The second kappa shape index (κ2) is 10.7. The van der Waals surface area contributed by atoms with E-state index in [-0.39, 0.29) is 11.9 Å². The molecular formula is C26H33N5O3. The number of hydrogen-bond acceptors (Lipinski definition) is 6. The summed E-state index contributed by atoms with van der Waals surface area (Å²) in [6.45, 7) is 4.90. The fourth-order valence-electron chi connectivity index (χ4n) is 4.22. The van der Waals surface area contributed by atoms with Crippen LogP contribution in [0.5, 0.6) is 11.5 Å². The topological polar surface area (TPSA) is 82.7 Å². The molecule has 2 heterocycles. The zero-order chi connectivity index (χ0) is 24.1. The Hall–Kier alpha value is -3.36. The van der Waals surface area contributed by atoms with Gasteiger partial charge in [0.25, 0.3) is 0 Å². The van der Waals surface area contributed by atoms with Crippen LogP contribution in [0.25, 0.3) is 11.1 Å². The molecule has 2 N–H and O–H groups in total. The Kier molecular flexibility index (Phi) is 7.49. The molecule has 1 amide bonds. The molecule has 3 aromatic rings. The Morgan fingerprint density at radius 3 is 2.76 bits per heavy atom. The summed E-state index contributed by atoms with van der Waals surface area (Å²) in [5.41, 5.74) is 5.00. The van der Waals surface area contributed by atoms with Crippen LogP contribution in [0.4, 0.5) is 5.69 Å². The molecule has 0 saturated carbocycles. The summed E-state index contributed by atoms with van der Waals surface area (Å²) < 4.78 is 11.5. The van der Waals surface area contributed by atoms with Crippen LogP contribution in [0, 0.1) is 0 Å². The molecular weight excluding hydrogens is 430 g/mol. The third kappa shape index (κ3) is 5.40. The first-order valence-corrected chi connectivity index (χ1v) is 11.6. The van der Waals surface area contributed by atoms with Crippen LogP contribution in [0.3, 0.4) is 0 Å². The smallest absolute Gasteiger partial charge is 0.242 e. The van der Waals surface area contributed by atoms with Crippen LogP contribution >= 0.6 is 0 Å². The maximum absolute atomic E-state index is 13.5. The molecule has 8 heteroatoms. The number of H-pyrrole nitrogens is 1. The maximum atomic E-state index is 13.5. The zero-order valence-electron chi connectivity index (χ0n) is 20.3. The van der Waals surface area contributed by atoms with Crippen LogP contribution in [-0.2, 0) is 17.8 Å². The number of carbonyl (C=O) groups excluding carboxylic acids is 1. The highest BCUT2D eigenvalue weighted by Crippen LogP contribution is 2.32. The number of nitrogens with zero attached hydrogens (tertiary/aromatic N) is 3. The third-order valence-corrected chi connectivity index (χ3v) is 6.22. The van der Waals surface area contributed by atoms with Crippen LogP contribution < -0.4 is 14.8 Å². The lowest BCUT2D eigenvalue weighted by Gasteiger charge is -2.35. The molecule has 0 spiro atoms. The van der Waals surface area contributed by atoms with E-state index in [1.807, 2.05) is 50.6 Å². The van der Waals surface area contributed by atoms with Gasteiger partial charge in [-0.2, -0.15) is 5.10 Å². The van der Waals surface area contributed by atoms with E-state index >= 15 is 0 Å². The Labute approximate surface area is 200 Å². The number of benzene rings is 2. The first-order valence-electron chi connectivity index (χ1n) is 11.6. The van der Waals surface area contributed by atoms with Crippen molar-refractivity contribution in [2.45, 2.75) is 25.9 Å². The number of hydrogen-bond donors (Lipinski definition) is 2. The van der Waals surface area contributed by atoms with Crippen molar-refractivity contribution in [2.24, 2.45) is 0 Å². The molecule has 34 heavy (non-hydrogen) atoms. The summed E-state index contributed by atoms with van der Waals surface area (Å²) in [5.74, 6) is 1.42. The van der Waals surface area contributed by atoms with Crippen molar-refractivity contribution in [3.05, 3.63) is 59.9 Å². The van der Waals surface area contributed by atoms with Gasteiger partial charge in [-0.3, -0.25) is 14.8 Å². The van der Waals surface area contributed by atoms with E-state index in [1.165, 1.54) is 5.56 Å². The highest BCUT2D eigenvalue weighted by molar-refractivity contribution is 5.97. The molecule has 0 aliphatic carbocycles. The molecule has 2 aromatic carbocycles. The number of rotatable bonds is 9. The van der Waals surface area contributed by atoms with Gasteiger partial charge in [0.15, 0.2) is 0 Å². The van der Waals surface area contributed by atoms with Crippen molar-refractivity contribution in [1.29, 1.82) is 0 Å². The SMILES string of the molecule is CCN1Cc2ccc(OC)cc2C[C@@H]1C(=O)Nc1ccc(-c2cn[nH]c2)cc1OCCN(C)C. The molecule has 1 aliphatic rings. The molecule has 8 nitrogen and oxygen atoms in total. The van der Waals surface area contributed by atoms with Crippen LogP contribution in [-0.4, -0.2) is 72.8 Å². The standard InChI is InChI=1S/C26H33N5O3/c1-5-31-17-19-6-8-22(33-4)12-20(19)13-24(31)26(32)29-23-9-7-18(21-15-27-28-16-21)14-25(23)34-11-10-30(2)3/h6-9,12,14-16,24H,5,10-11,13,17H2,1-4H3,(H,27,28)(H,29,32)/t24-/m1/s1. The normalized spacial score (nSPS) is 15.7. The van der Waals surface area contributed by atoms with Crippen LogP contribution in [0.15, 0.2) is 48.8 Å². The lowest BCUT2D eigenvalue weighted by molar-refractivity contribution is -0.121. The summed E-state index contributed by atoms with van der Waals surface area (Å²) in [6, 6.07) is 11.7. The quantitative estimate of drug-likeness (QED) is 0.506. The van der Waals surface area contributed by atoms with E-state index in [1.54, 1.807) is 13.3 Å². The Balaban J connectivity index is 1.56. The van der Waals surface area contributed by atoms with Crippen molar-refractivity contribution >= 4 is 11.6 Å². The summed E-state index contributed by atoms with van der Waals surface area (Å²) >= 11 is 0. The lowest BCUT2D eigenvalue weighted by atomic mass is 9.93. The first-order chi connectivity index (χ1) is 16.5. The molecule has 0 unspecified atom stereocenters. The number of methoxy groups -OCH3 is 1. The van der Waals surface area contributed by atoms with Crippen molar-refractivity contribution in [3.63, 3.8) is 0 Å². The largest absolute Gasteiger partial charge is 0.497 e. The molecule has 4 rings (SSSR count). The molecule has 0 bridgehead atoms. The summed E-state index contributed by atoms with van der Waals surface area (Å²) in [4.78, 5) is 17.8. The average Bonchev–Trinajstić information content (AvgIpc) is 3.38. The van der Waals surface area contributed by atoms with Gasteiger partial charge in [-0.25, -0.2) is 0 Å². The first kappa shape index (κ1) is 23.8. The second-order valence-electron chi connectivity index (χ2n) is 8.76. The predicted octanol–water partition coefficient (Wildman–Crippen LogP) is 3.41. The minimum Gasteiger partial charge on any atom is -0.497 e. The van der Waals surface area contributed by atoms with Gasteiger partial charge < -0.3 is 19.7 Å². The van der Waals surface area contributed by atoms with Gasteiger partial charge in [0, 0.05) is 24.8 Å². The van der Waals surface area contributed by atoms with E-state index in [0.717, 1.165) is 42.1 Å². The number of likely N-dealkylation sites (N-methyl/N-ethyl adjacent to an activating group) is 2. The Morgan fingerprint density at radius 1 is 1.21 bits per heavy atom. The monoisotopic (exact) mass is 463 g/mol. The minimum atomic E-state index is -0.271. The van der Waals surface area contributed by atoms with E-state index in [4.69, 9.17) is 9.47 Å². The molecule has 0 saturated heterocycles. The average molecular weight is 464 g/mol.